The van der Waals surface area contributed by atoms with Gasteiger partial charge >= 0.3 is 0 Å². The van der Waals surface area contributed by atoms with Crippen molar-refractivity contribution in [1.29, 1.82) is 0 Å². The van der Waals surface area contributed by atoms with Crippen molar-refractivity contribution in [2.75, 3.05) is 12.4 Å². The van der Waals surface area contributed by atoms with E-state index in [1.165, 1.54) is 5.56 Å². The summed E-state index contributed by atoms with van der Waals surface area (Å²) in [6.45, 7) is 2.11. The standard InChI is InChI=1S/C13H17N3O/c1-10(15-12-8-14-16(2)9-12)11-5-4-6-13(7-11)17-3/h4-10,15H,1-3H3/t10-/m0/s1. The molecule has 1 heterocycles. The molecule has 17 heavy (non-hydrogen) atoms. The van der Waals surface area contributed by atoms with E-state index in [1.807, 2.05) is 37.6 Å². The van der Waals surface area contributed by atoms with Gasteiger partial charge in [0.15, 0.2) is 0 Å². The van der Waals surface area contributed by atoms with Crippen molar-refractivity contribution in [2.45, 2.75) is 13.0 Å². The van der Waals surface area contributed by atoms with Crippen LogP contribution in [0.3, 0.4) is 0 Å². The second kappa shape index (κ2) is 4.91. The molecule has 1 atom stereocenters. The Morgan fingerprint density at radius 1 is 1.41 bits per heavy atom. The zero-order valence-corrected chi connectivity index (χ0v) is 10.3. The monoisotopic (exact) mass is 231 g/mol. The van der Waals surface area contributed by atoms with E-state index in [0.29, 0.717) is 0 Å². The van der Waals surface area contributed by atoms with Crippen LogP contribution in [0, 0.1) is 0 Å². The fraction of sp³-hybridized carbons (Fsp3) is 0.308. The molecule has 4 nitrogen and oxygen atoms in total. The topological polar surface area (TPSA) is 39.1 Å². The Morgan fingerprint density at radius 2 is 2.24 bits per heavy atom. The molecule has 1 aromatic carbocycles. The molecule has 0 saturated heterocycles. The van der Waals surface area contributed by atoms with E-state index in [2.05, 4.69) is 23.4 Å². The summed E-state index contributed by atoms with van der Waals surface area (Å²) >= 11 is 0. The molecule has 1 N–H and O–H groups in total. The number of aromatic nitrogens is 2. The molecule has 0 aliphatic rings. The summed E-state index contributed by atoms with van der Waals surface area (Å²) < 4.78 is 6.99. The number of hydrogen-bond donors (Lipinski definition) is 1. The third kappa shape index (κ3) is 2.78. The van der Waals surface area contributed by atoms with Crippen molar-refractivity contribution < 1.29 is 4.74 Å². The van der Waals surface area contributed by atoms with Gasteiger partial charge in [-0.2, -0.15) is 5.10 Å². The third-order valence-electron chi connectivity index (χ3n) is 2.68. The lowest BCUT2D eigenvalue weighted by Gasteiger charge is -2.14. The highest BCUT2D eigenvalue weighted by Crippen LogP contribution is 2.22. The lowest BCUT2D eigenvalue weighted by atomic mass is 10.1. The summed E-state index contributed by atoms with van der Waals surface area (Å²) in [7, 11) is 3.58. The maximum atomic E-state index is 5.22. The summed E-state index contributed by atoms with van der Waals surface area (Å²) in [6, 6.07) is 8.27. The Morgan fingerprint density at radius 3 is 2.88 bits per heavy atom. The Hall–Kier alpha value is -1.97. The molecule has 0 amide bonds. The molecule has 1 aromatic heterocycles. The van der Waals surface area contributed by atoms with Crippen LogP contribution in [0.1, 0.15) is 18.5 Å². The van der Waals surface area contributed by atoms with Crippen LogP contribution in [-0.2, 0) is 7.05 Å². The summed E-state index contributed by atoms with van der Waals surface area (Å²) in [6.07, 6.45) is 3.77. The number of nitrogens with zero attached hydrogens (tertiary/aromatic N) is 2. The van der Waals surface area contributed by atoms with E-state index in [9.17, 15) is 0 Å². The van der Waals surface area contributed by atoms with Gasteiger partial charge in [0.25, 0.3) is 0 Å². The van der Waals surface area contributed by atoms with Gasteiger partial charge in [0.1, 0.15) is 5.75 Å². The van der Waals surface area contributed by atoms with Gasteiger partial charge in [-0.25, -0.2) is 0 Å². The molecule has 0 aliphatic heterocycles. The molecule has 2 aromatic rings. The van der Waals surface area contributed by atoms with Gasteiger partial charge in [-0.15, -0.1) is 0 Å². The van der Waals surface area contributed by atoms with Gasteiger partial charge in [0.2, 0.25) is 0 Å². The first-order chi connectivity index (χ1) is 8.19. The van der Waals surface area contributed by atoms with Crippen molar-refractivity contribution in [2.24, 2.45) is 7.05 Å². The SMILES string of the molecule is COc1cccc([C@H](C)Nc2cnn(C)c2)c1. The Balaban J connectivity index is 2.11. The number of ether oxygens (including phenoxy) is 1. The van der Waals surface area contributed by atoms with Crippen molar-refractivity contribution >= 4 is 5.69 Å². The molecule has 0 aliphatic carbocycles. The van der Waals surface area contributed by atoms with Gasteiger partial charge in [0, 0.05) is 19.3 Å². The smallest absolute Gasteiger partial charge is 0.119 e. The molecule has 0 bridgehead atoms. The molecule has 4 heteroatoms. The molecule has 0 fully saturated rings. The van der Waals surface area contributed by atoms with Crippen LogP contribution in [0.4, 0.5) is 5.69 Å². The van der Waals surface area contributed by atoms with Crippen LogP contribution >= 0.6 is 0 Å². The highest BCUT2D eigenvalue weighted by molar-refractivity contribution is 5.42. The largest absolute Gasteiger partial charge is 0.497 e. The first-order valence-electron chi connectivity index (χ1n) is 5.58. The lowest BCUT2D eigenvalue weighted by molar-refractivity contribution is 0.414. The molecular weight excluding hydrogens is 214 g/mol. The Bertz CT molecular complexity index is 493. The van der Waals surface area contributed by atoms with Gasteiger partial charge < -0.3 is 10.1 Å². The van der Waals surface area contributed by atoms with E-state index < -0.39 is 0 Å². The first kappa shape index (κ1) is 11.5. The minimum atomic E-state index is 0.217. The average Bonchev–Trinajstić information content (AvgIpc) is 2.75. The number of hydrogen-bond acceptors (Lipinski definition) is 3. The highest BCUT2D eigenvalue weighted by Gasteiger charge is 2.07. The number of benzene rings is 1. The van der Waals surface area contributed by atoms with Gasteiger partial charge in [-0.05, 0) is 24.6 Å². The summed E-state index contributed by atoms with van der Waals surface area (Å²) in [5.74, 6) is 0.877. The van der Waals surface area contributed by atoms with E-state index in [-0.39, 0.29) is 6.04 Å². The number of nitrogens with one attached hydrogen (secondary N) is 1. The van der Waals surface area contributed by atoms with Gasteiger partial charge in [-0.3, -0.25) is 4.68 Å². The minimum absolute atomic E-state index is 0.217. The first-order valence-corrected chi connectivity index (χ1v) is 5.58. The van der Waals surface area contributed by atoms with Crippen molar-refractivity contribution in [3.05, 3.63) is 42.2 Å². The Kier molecular flexibility index (Phi) is 3.32. The van der Waals surface area contributed by atoms with Gasteiger partial charge in [0.05, 0.1) is 19.0 Å². The molecule has 2 rings (SSSR count). The molecule has 90 valence electrons. The third-order valence-corrected chi connectivity index (χ3v) is 2.68. The number of methoxy groups -OCH3 is 1. The van der Waals surface area contributed by atoms with Crippen LogP contribution in [0.5, 0.6) is 5.75 Å². The molecule has 0 radical (unpaired) electrons. The van der Waals surface area contributed by atoms with Gasteiger partial charge in [-0.1, -0.05) is 12.1 Å². The molecule has 0 spiro atoms. The quantitative estimate of drug-likeness (QED) is 0.879. The van der Waals surface area contributed by atoms with Crippen LogP contribution < -0.4 is 10.1 Å². The second-order valence-corrected chi connectivity index (χ2v) is 4.05. The predicted octanol–water partition coefficient (Wildman–Crippen LogP) is 2.60. The molecule has 0 unspecified atom stereocenters. The average molecular weight is 231 g/mol. The number of anilines is 1. The summed E-state index contributed by atoms with van der Waals surface area (Å²) in [5, 5.41) is 7.52. The predicted molar refractivity (Wildman–Crippen MR) is 68.2 cm³/mol. The molecule has 0 saturated carbocycles. The number of rotatable bonds is 4. The van der Waals surface area contributed by atoms with Crippen molar-refractivity contribution in [3.63, 3.8) is 0 Å². The zero-order chi connectivity index (χ0) is 12.3. The van der Waals surface area contributed by atoms with E-state index in [4.69, 9.17) is 4.74 Å². The fourth-order valence-electron chi connectivity index (χ4n) is 1.74. The van der Waals surface area contributed by atoms with Crippen LogP contribution in [0.2, 0.25) is 0 Å². The number of aryl methyl sites for hydroxylation is 1. The molecular formula is C13H17N3O. The maximum absolute atomic E-state index is 5.22. The summed E-state index contributed by atoms with van der Waals surface area (Å²) in [4.78, 5) is 0. The normalized spacial score (nSPS) is 12.2. The fourth-order valence-corrected chi connectivity index (χ4v) is 1.74. The zero-order valence-electron chi connectivity index (χ0n) is 10.3. The van der Waals surface area contributed by atoms with Crippen LogP contribution in [-0.4, -0.2) is 16.9 Å². The van der Waals surface area contributed by atoms with E-state index >= 15 is 0 Å². The minimum Gasteiger partial charge on any atom is -0.497 e. The maximum Gasteiger partial charge on any atom is 0.119 e. The lowest BCUT2D eigenvalue weighted by Crippen LogP contribution is -2.06. The van der Waals surface area contributed by atoms with Crippen molar-refractivity contribution in [1.82, 2.24) is 9.78 Å². The van der Waals surface area contributed by atoms with E-state index in [0.717, 1.165) is 11.4 Å². The second-order valence-electron chi connectivity index (χ2n) is 4.05. The van der Waals surface area contributed by atoms with Crippen LogP contribution in [0.15, 0.2) is 36.7 Å². The summed E-state index contributed by atoms with van der Waals surface area (Å²) in [5.41, 5.74) is 2.20. The van der Waals surface area contributed by atoms with Crippen LogP contribution in [0.25, 0.3) is 0 Å². The Labute approximate surface area is 101 Å². The van der Waals surface area contributed by atoms with E-state index in [1.54, 1.807) is 11.8 Å². The highest BCUT2D eigenvalue weighted by atomic mass is 16.5. The van der Waals surface area contributed by atoms with Crippen molar-refractivity contribution in [3.8, 4) is 5.75 Å².